The molecule has 2 aromatic heterocycles. The summed E-state index contributed by atoms with van der Waals surface area (Å²) in [6, 6.07) is 22.4. The highest BCUT2D eigenvalue weighted by atomic mass is 35.5. The molecule has 2 heterocycles. The molecule has 8 heteroatoms. The van der Waals surface area contributed by atoms with Crippen LogP contribution in [-0.2, 0) is 11.2 Å². The lowest BCUT2D eigenvalue weighted by Crippen LogP contribution is -2.13. The van der Waals surface area contributed by atoms with Gasteiger partial charge < -0.3 is 4.42 Å². The summed E-state index contributed by atoms with van der Waals surface area (Å²) in [6.45, 7) is 0. The van der Waals surface area contributed by atoms with Gasteiger partial charge in [-0.25, -0.2) is 0 Å². The molecule has 152 valence electrons. The number of benzene rings is 2. The van der Waals surface area contributed by atoms with Crippen LogP contribution in [0.1, 0.15) is 16.3 Å². The van der Waals surface area contributed by atoms with Gasteiger partial charge in [0, 0.05) is 23.1 Å². The molecule has 0 atom stereocenters. The van der Waals surface area contributed by atoms with Gasteiger partial charge in [-0.05, 0) is 42.0 Å². The molecule has 0 spiro atoms. The van der Waals surface area contributed by atoms with E-state index in [9.17, 15) is 10.1 Å². The first-order valence-corrected chi connectivity index (χ1v) is 10.5. The molecule has 31 heavy (non-hydrogen) atoms. The van der Waals surface area contributed by atoms with Gasteiger partial charge in [-0.15, -0.1) is 10.2 Å². The first-order chi connectivity index (χ1) is 15.1. The summed E-state index contributed by atoms with van der Waals surface area (Å²) in [7, 11) is 0. The molecule has 0 unspecified atom stereocenters. The minimum Gasteiger partial charge on any atom is -0.457 e. The Balaban J connectivity index is 1.45. The Labute approximate surface area is 187 Å². The highest BCUT2D eigenvalue weighted by molar-refractivity contribution is 7.15. The second-order valence-electron chi connectivity index (χ2n) is 6.50. The molecule has 0 aliphatic rings. The molecule has 0 bridgehead atoms. The van der Waals surface area contributed by atoms with Crippen molar-refractivity contribution in [2.75, 3.05) is 5.32 Å². The number of aromatic nitrogens is 2. The van der Waals surface area contributed by atoms with Crippen LogP contribution in [-0.4, -0.2) is 16.1 Å². The number of hydrogen-bond donors (Lipinski definition) is 1. The van der Waals surface area contributed by atoms with Crippen molar-refractivity contribution in [3.63, 3.8) is 0 Å². The van der Waals surface area contributed by atoms with Crippen LogP contribution in [0.3, 0.4) is 0 Å². The number of amides is 1. The summed E-state index contributed by atoms with van der Waals surface area (Å²) < 4.78 is 5.74. The lowest BCUT2D eigenvalue weighted by atomic mass is 10.2. The standard InChI is InChI=1S/C23H15ClN4O2S/c24-18-8-6-16(7-9-18)20-11-10-19(30-20)13-17(14-25)22(29)26-23-28-27-21(31-23)12-15-4-2-1-3-5-15/h1-11,13H,12H2,(H,26,28,29)/b17-13-. The van der Waals surface area contributed by atoms with Gasteiger partial charge in [-0.1, -0.05) is 53.3 Å². The van der Waals surface area contributed by atoms with E-state index in [1.165, 1.54) is 17.4 Å². The van der Waals surface area contributed by atoms with Crippen LogP contribution in [0.25, 0.3) is 17.4 Å². The fourth-order valence-corrected chi connectivity index (χ4v) is 3.70. The third-order valence-corrected chi connectivity index (χ3v) is 5.38. The summed E-state index contributed by atoms with van der Waals surface area (Å²) in [5.74, 6) is 0.420. The maximum absolute atomic E-state index is 12.5. The van der Waals surface area contributed by atoms with E-state index in [0.717, 1.165) is 16.1 Å². The Kier molecular flexibility index (Phi) is 6.22. The molecule has 4 aromatic rings. The molecule has 4 rings (SSSR count). The number of nitrogens with zero attached hydrogens (tertiary/aromatic N) is 3. The smallest absolute Gasteiger partial charge is 0.268 e. The summed E-state index contributed by atoms with van der Waals surface area (Å²) in [6.07, 6.45) is 2.01. The largest absolute Gasteiger partial charge is 0.457 e. The molecule has 1 amide bonds. The number of nitriles is 1. The number of rotatable bonds is 6. The zero-order valence-electron chi connectivity index (χ0n) is 16.1. The molecule has 0 aliphatic heterocycles. The average molecular weight is 447 g/mol. The van der Waals surface area contributed by atoms with E-state index >= 15 is 0 Å². The van der Waals surface area contributed by atoms with Crippen molar-refractivity contribution in [1.82, 2.24) is 10.2 Å². The van der Waals surface area contributed by atoms with Crippen LogP contribution in [0.5, 0.6) is 0 Å². The number of anilines is 1. The van der Waals surface area contributed by atoms with Crippen molar-refractivity contribution in [1.29, 1.82) is 5.26 Å². The average Bonchev–Trinajstić information content (AvgIpc) is 3.43. The topological polar surface area (TPSA) is 91.8 Å². The van der Waals surface area contributed by atoms with Gasteiger partial charge in [-0.3, -0.25) is 10.1 Å². The maximum Gasteiger partial charge on any atom is 0.268 e. The third-order valence-electron chi connectivity index (χ3n) is 4.29. The van der Waals surface area contributed by atoms with Gasteiger partial charge in [0.1, 0.15) is 28.2 Å². The molecular weight excluding hydrogens is 432 g/mol. The number of carbonyl (C=O) groups excluding carboxylic acids is 1. The van der Waals surface area contributed by atoms with E-state index in [1.54, 1.807) is 24.3 Å². The molecule has 0 fully saturated rings. The molecule has 2 aromatic carbocycles. The Morgan fingerprint density at radius 2 is 1.87 bits per heavy atom. The molecule has 0 saturated heterocycles. The van der Waals surface area contributed by atoms with E-state index in [4.69, 9.17) is 16.0 Å². The monoisotopic (exact) mass is 446 g/mol. The van der Waals surface area contributed by atoms with Crippen LogP contribution in [0.15, 0.2) is 76.7 Å². The van der Waals surface area contributed by atoms with Gasteiger partial charge in [-0.2, -0.15) is 5.26 Å². The SMILES string of the molecule is N#C/C(=C/c1ccc(-c2ccc(Cl)cc2)o1)C(=O)Nc1nnc(Cc2ccccc2)s1. The van der Waals surface area contributed by atoms with E-state index in [1.807, 2.05) is 48.5 Å². The number of halogens is 1. The fourth-order valence-electron chi connectivity index (χ4n) is 2.80. The lowest BCUT2D eigenvalue weighted by molar-refractivity contribution is -0.112. The van der Waals surface area contributed by atoms with Crippen LogP contribution < -0.4 is 5.32 Å². The van der Waals surface area contributed by atoms with Gasteiger partial charge in [0.05, 0.1) is 0 Å². The second-order valence-corrected chi connectivity index (χ2v) is 7.99. The molecule has 0 aliphatic carbocycles. The predicted molar refractivity (Wildman–Crippen MR) is 121 cm³/mol. The number of furan rings is 1. The number of nitrogens with one attached hydrogen (secondary N) is 1. The highest BCUT2D eigenvalue weighted by Crippen LogP contribution is 2.25. The van der Waals surface area contributed by atoms with Crippen molar-refractivity contribution in [3.8, 4) is 17.4 Å². The van der Waals surface area contributed by atoms with Gasteiger partial charge in [0.15, 0.2) is 0 Å². The molecule has 0 radical (unpaired) electrons. The van der Waals surface area contributed by atoms with E-state index in [-0.39, 0.29) is 5.57 Å². The van der Waals surface area contributed by atoms with Crippen LogP contribution >= 0.6 is 22.9 Å². The molecular formula is C23H15ClN4O2S. The number of carbonyl (C=O) groups is 1. The Bertz CT molecular complexity index is 1270. The Morgan fingerprint density at radius 1 is 1.10 bits per heavy atom. The summed E-state index contributed by atoms with van der Waals surface area (Å²) in [5.41, 5.74) is 1.84. The molecule has 0 saturated carbocycles. The Morgan fingerprint density at radius 3 is 2.61 bits per heavy atom. The minimum atomic E-state index is -0.575. The van der Waals surface area contributed by atoms with Crippen molar-refractivity contribution >= 4 is 40.1 Å². The summed E-state index contributed by atoms with van der Waals surface area (Å²) in [5, 5.41) is 21.9. The quantitative estimate of drug-likeness (QED) is 0.308. The normalized spacial score (nSPS) is 11.2. The van der Waals surface area contributed by atoms with Crippen molar-refractivity contribution in [3.05, 3.63) is 93.7 Å². The van der Waals surface area contributed by atoms with E-state index < -0.39 is 5.91 Å². The van der Waals surface area contributed by atoms with Gasteiger partial charge in [0.2, 0.25) is 5.13 Å². The number of hydrogen-bond acceptors (Lipinski definition) is 6. The molecule has 6 nitrogen and oxygen atoms in total. The lowest BCUT2D eigenvalue weighted by Gasteiger charge is -1.99. The fraction of sp³-hybridized carbons (Fsp3) is 0.0435. The van der Waals surface area contributed by atoms with Crippen molar-refractivity contribution in [2.45, 2.75) is 6.42 Å². The zero-order chi connectivity index (χ0) is 21.6. The summed E-state index contributed by atoms with van der Waals surface area (Å²) >= 11 is 7.17. The predicted octanol–water partition coefficient (Wildman–Crippen LogP) is 5.59. The van der Waals surface area contributed by atoms with Gasteiger partial charge >= 0.3 is 0 Å². The van der Waals surface area contributed by atoms with Crippen LogP contribution in [0, 0.1) is 11.3 Å². The summed E-state index contributed by atoms with van der Waals surface area (Å²) in [4.78, 5) is 12.5. The van der Waals surface area contributed by atoms with Crippen molar-refractivity contribution < 1.29 is 9.21 Å². The third kappa shape index (κ3) is 5.25. The van der Waals surface area contributed by atoms with Crippen molar-refractivity contribution in [2.24, 2.45) is 0 Å². The first kappa shape index (κ1) is 20.5. The Hall–Kier alpha value is -3.73. The van der Waals surface area contributed by atoms with Crippen LogP contribution in [0.2, 0.25) is 5.02 Å². The van der Waals surface area contributed by atoms with E-state index in [0.29, 0.717) is 28.1 Å². The van der Waals surface area contributed by atoms with Crippen LogP contribution in [0.4, 0.5) is 5.13 Å². The van der Waals surface area contributed by atoms with E-state index in [2.05, 4.69) is 15.5 Å². The zero-order valence-corrected chi connectivity index (χ0v) is 17.7. The van der Waals surface area contributed by atoms with Gasteiger partial charge in [0.25, 0.3) is 5.91 Å². The second kappa shape index (κ2) is 9.39. The maximum atomic E-state index is 12.5. The first-order valence-electron chi connectivity index (χ1n) is 9.26. The highest BCUT2D eigenvalue weighted by Gasteiger charge is 2.14. The molecule has 1 N–H and O–H groups in total. The minimum absolute atomic E-state index is 0.100.